The van der Waals surface area contributed by atoms with E-state index in [-0.39, 0.29) is 16.3 Å². The predicted molar refractivity (Wildman–Crippen MR) is 76.2 cm³/mol. The van der Waals surface area contributed by atoms with Gasteiger partial charge in [0.1, 0.15) is 16.4 Å². The number of anilines is 1. The van der Waals surface area contributed by atoms with Gasteiger partial charge in [0.15, 0.2) is 5.76 Å². The van der Waals surface area contributed by atoms with Gasteiger partial charge in [0.05, 0.1) is 6.54 Å². The molecule has 0 aliphatic rings. The summed E-state index contributed by atoms with van der Waals surface area (Å²) in [7, 11) is -3.90. The molecule has 9 heteroatoms. The lowest BCUT2D eigenvalue weighted by Gasteiger charge is -2.07. The summed E-state index contributed by atoms with van der Waals surface area (Å²) in [4.78, 5) is 11.6. The minimum Gasteiger partial charge on any atom is -0.360 e. The third kappa shape index (κ3) is 3.68. The molecular weight excluding hydrogens is 313 g/mol. The van der Waals surface area contributed by atoms with Crippen molar-refractivity contribution in [3.05, 3.63) is 41.5 Å². The van der Waals surface area contributed by atoms with E-state index in [1.165, 1.54) is 38.1 Å². The first-order chi connectivity index (χ1) is 10.3. The Morgan fingerprint density at radius 2 is 1.91 bits per heavy atom. The van der Waals surface area contributed by atoms with Gasteiger partial charge in [-0.05, 0) is 38.1 Å². The summed E-state index contributed by atoms with van der Waals surface area (Å²) in [6, 6.07) is 5.11. The number of nitrogens with one attached hydrogen (secondary N) is 2. The van der Waals surface area contributed by atoms with Crippen molar-refractivity contribution in [2.75, 3.05) is 11.9 Å². The third-order valence-corrected chi connectivity index (χ3v) is 4.43. The lowest BCUT2D eigenvalue weighted by Crippen LogP contribution is -2.33. The highest BCUT2D eigenvalue weighted by Crippen LogP contribution is 2.18. The number of aromatic nitrogens is 1. The molecule has 2 aromatic rings. The number of aryl methyl sites for hydroxylation is 2. The summed E-state index contributed by atoms with van der Waals surface area (Å²) in [6.07, 6.45) is 0. The van der Waals surface area contributed by atoms with Crippen molar-refractivity contribution < 1.29 is 22.1 Å². The molecule has 0 aliphatic heterocycles. The van der Waals surface area contributed by atoms with Crippen LogP contribution in [0, 0.1) is 19.7 Å². The summed E-state index contributed by atoms with van der Waals surface area (Å²) in [5, 5.41) is 6.00. The fourth-order valence-corrected chi connectivity index (χ4v) is 3.14. The Balaban J connectivity index is 2.00. The van der Waals surface area contributed by atoms with Crippen molar-refractivity contribution in [3.8, 4) is 0 Å². The number of carbonyl (C=O) groups excluding carboxylic acids is 1. The number of carbonyl (C=O) groups is 1. The Hall–Kier alpha value is -2.26. The average Bonchev–Trinajstić information content (AvgIpc) is 2.79. The van der Waals surface area contributed by atoms with E-state index in [0.717, 1.165) is 0 Å². The first-order valence-corrected chi connectivity index (χ1v) is 7.76. The molecule has 22 heavy (non-hydrogen) atoms. The normalized spacial score (nSPS) is 11.4. The number of rotatable bonds is 5. The van der Waals surface area contributed by atoms with E-state index in [9.17, 15) is 17.6 Å². The van der Waals surface area contributed by atoms with Crippen LogP contribution in [0.1, 0.15) is 11.5 Å². The molecule has 0 atom stereocenters. The zero-order valence-electron chi connectivity index (χ0n) is 11.9. The molecule has 118 valence electrons. The zero-order chi connectivity index (χ0) is 16.3. The maximum Gasteiger partial charge on any atom is 0.246 e. The number of halogens is 1. The van der Waals surface area contributed by atoms with Gasteiger partial charge in [0.25, 0.3) is 0 Å². The molecule has 1 amide bonds. The van der Waals surface area contributed by atoms with Crippen LogP contribution in [0.5, 0.6) is 0 Å². The molecule has 0 fully saturated rings. The van der Waals surface area contributed by atoms with Crippen LogP contribution in [0.15, 0.2) is 33.7 Å². The number of sulfonamides is 1. The summed E-state index contributed by atoms with van der Waals surface area (Å²) >= 11 is 0. The Bertz CT molecular complexity index is 765. The van der Waals surface area contributed by atoms with Crippen LogP contribution < -0.4 is 10.0 Å². The first-order valence-electron chi connectivity index (χ1n) is 6.27. The van der Waals surface area contributed by atoms with Crippen LogP contribution in [0.4, 0.5) is 10.1 Å². The molecule has 7 nitrogen and oxygen atoms in total. The van der Waals surface area contributed by atoms with E-state index in [2.05, 4.69) is 15.2 Å². The smallest absolute Gasteiger partial charge is 0.246 e. The zero-order valence-corrected chi connectivity index (χ0v) is 12.7. The summed E-state index contributed by atoms with van der Waals surface area (Å²) in [6.45, 7) is 2.49. The van der Waals surface area contributed by atoms with Gasteiger partial charge in [-0.25, -0.2) is 17.5 Å². The van der Waals surface area contributed by atoms with Crippen molar-refractivity contribution >= 4 is 21.6 Å². The van der Waals surface area contributed by atoms with Crippen LogP contribution in [0.2, 0.25) is 0 Å². The SMILES string of the molecule is Cc1noc(C)c1S(=O)(=O)NCC(=O)Nc1ccc(F)cc1. The number of amides is 1. The molecule has 1 aromatic carbocycles. The van der Waals surface area contributed by atoms with Gasteiger partial charge in [-0.2, -0.15) is 0 Å². The standard InChI is InChI=1S/C13H14FN3O4S/c1-8-13(9(2)21-17-8)22(19,20)15-7-12(18)16-11-5-3-10(14)4-6-11/h3-6,15H,7H2,1-2H3,(H,16,18). The van der Waals surface area contributed by atoms with E-state index < -0.39 is 28.3 Å². The Morgan fingerprint density at radius 1 is 1.27 bits per heavy atom. The molecule has 2 N–H and O–H groups in total. The van der Waals surface area contributed by atoms with Gasteiger partial charge in [0.2, 0.25) is 15.9 Å². The highest BCUT2D eigenvalue weighted by molar-refractivity contribution is 7.89. The highest BCUT2D eigenvalue weighted by Gasteiger charge is 2.24. The summed E-state index contributed by atoms with van der Waals surface area (Å²) < 4.78 is 43.9. The molecular formula is C13H14FN3O4S. The molecule has 0 aliphatic carbocycles. The molecule has 0 spiro atoms. The van der Waals surface area contributed by atoms with E-state index in [1.54, 1.807) is 0 Å². The van der Waals surface area contributed by atoms with E-state index >= 15 is 0 Å². The monoisotopic (exact) mass is 327 g/mol. The lowest BCUT2D eigenvalue weighted by atomic mass is 10.3. The van der Waals surface area contributed by atoms with Crippen molar-refractivity contribution in [2.24, 2.45) is 0 Å². The second-order valence-corrected chi connectivity index (χ2v) is 6.24. The maximum absolute atomic E-state index is 12.7. The Morgan fingerprint density at radius 3 is 2.45 bits per heavy atom. The van der Waals surface area contributed by atoms with E-state index in [4.69, 9.17) is 4.52 Å². The quantitative estimate of drug-likeness (QED) is 0.863. The predicted octanol–water partition coefficient (Wildman–Crippen LogP) is 1.35. The highest BCUT2D eigenvalue weighted by atomic mass is 32.2. The van der Waals surface area contributed by atoms with Gasteiger partial charge in [0, 0.05) is 5.69 Å². The van der Waals surface area contributed by atoms with Crippen molar-refractivity contribution in [1.29, 1.82) is 0 Å². The summed E-state index contributed by atoms with van der Waals surface area (Å²) in [5.41, 5.74) is 0.576. The number of hydrogen-bond donors (Lipinski definition) is 2. The first kappa shape index (κ1) is 16.1. The number of nitrogens with zero attached hydrogens (tertiary/aromatic N) is 1. The van der Waals surface area contributed by atoms with Crippen LogP contribution in [-0.2, 0) is 14.8 Å². The van der Waals surface area contributed by atoms with Crippen LogP contribution in [0.25, 0.3) is 0 Å². The fraction of sp³-hybridized carbons (Fsp3) is 0.231. The molecule has 0 saturated heterocycles. The molecule has 0 unspecified atom stereocenters. The molecule has 0 bridgehead atoms. The Labute approximate surface area is 126 Å². The van der Waals surface area contributed by atoms with Crippen LogP contribution in [-0.4, -0.2) is 26.0 Å². The minimum absolute atomic E-state index is 0.0814. The molecule has 0 saturated carbocycles. The van der Waals surface area contributed by atoms with Gasteiger partial charge < -0.3 is 9.84 Å². The third-order valence-electron chi connectivity index (χ3n) is 2.79. The van der Waals surface area contributed by atoms with Crippen molar-refractivity contribution in [2.45, 2.75) is 18.7 Å². The van der Waals surface area contributed by atoms with Gasteiger partial charge in [-0.15, -0.1) is 0 Å². The van der Waals surface area contributed by atoms with Gasteiger partial charge in [-0.1, -0.05) is 5.16 Å². The average molecular weight is 327 g/mol. The minimum atomic E-state index is -3.90. The second-order valence-electron chi connectivity index (χ2n) is 4.53. The molecule has 1 heterocycles. The van der Waals surface area contributed by atoms with Crippen molar-refractivity contribution in [3.63, 3.8) is 0 Å². The second kappa shape index (κ2) is 6.24. The van der Waals surface area contributed by atoms with Crippen LogP contribution in [0.3, 0.4) is 0 Å². The fourth-order valence-electron chi connectivity index (χ4n) is 1.83. The molecule has 2 rings (SSSR count). The molecule has 1 aromatic heterocycles. The van der Waals surface area contributed by atoms with Crippen LogP contribution >= 0.6 is 0 Å². The maximum atomic E-state index is 12.7. The number of benzene rings is 1. The largest absolute Gasteiger partial charge is 0.360 e. The van der Waals surface area contributed by atoms with E-state index in [1.807, 2.05) is 0 Å². The topological polar surface area (TPSA) is 101 Å². The summed E-state index contributed by atoms with van der Waals surface area (Å²) in [5.74, 6) is -0.872. The Kier molecular flexibility index (Phi) is 4.57. The van der Waals surface area contributed by atoms with E-state index in [0.29, 0.717) is 5.69 Å². The van der Waals surface area contributed by atoms with Crippen molar-refractivity contribution in [1.82, 2.24) is 9.88 Å². The van der Waals surface area contributed by atoms with Gasteiger partial charge >= 0.3 is 0 Å². The van der Waals surface area contributed by atoms with Gasteiger partial charge in [-0.3, -0.25) is 4.79 Å². The number of hydrogen-bond acceptors (Lipinski definition) is 5. The lowest BCUT2D eigenvalue weighted by molar-refractivity contribution is -0.115. The molecule has 0 radical (unpaired) electrons.